The fourth-order valence-corrected chi connectivity index (χ4v) is 3.86. The molecule has 0 fully saturated rings. The third-order valence-electron chi connectivity index (χ3n) is 3.30. The van der Waals surface area contributed by atoms with Gasteiger partial charge in [0.05, 0.1) is 5.25 Å². The van der Waals surface area contributed by atoms with Crippen LogP contribution < -0.4 is 5.32 Å². The quantitative estimate of drug-likeness (QED) is 0.654. The average Bonchev–Trinajstić information content (AvgIpc) is 2.93. The summed E-state index contributed by atoms with van der Waals surface area (Å²) in [7, 11) is 1.81. The monoisotopic (exact) mass is 335 g/mol. The van der Waals surface area contributed by atoms with E-state index in [0.29, 0.717) is 0 Å². The molecule has 0 aliphatic heterocycles. The Morgan fingerprint density at radius 3 is 2.36 bits per heavy atom. The number of aromatic nitrogens is 2. The minimum absolute atomic E-state index is 0.0953. The van der Waals surface area contributed by atoms with Crippen LogP contribution in [0.2, 0.25) is 0 Å². The molecule has 4 nitrogen and oxygen atoms in total. The molecule has 0 amide bonds. The lowest BCUT2D eigenvalue weighted by molar-refractivity contribution is 0.0994. The summed E-state index contributed by atoms with van der Waals surface area (Å²) < 4.78 is 0.802. The number of hydrogen-bond donors (Lipinski definition) is 1. The molecule has 0 aliphatic carbocycles. The molecule has 0 saturated carbocycles. The van der Waals surface area contributed by atoms with E-state index in [1.165, 1.54) is 28.7 Å². The molecule has 1 aromatic carbocycles. The molecule has 0 saturated heterocycles. The molecule has 118 valence electrons. The Morgan fingerprint density at radius 2 is 1.86 bits per heavy atom. The van der Waals surface area contributed by atoms with Crippen LogP contribution in [0.25, 0.3) is 0 Å². The van der Waals surface area contributed by atoms with Crippen LogP contribution in [0.15, 0.2) is 28.6 Å². The summed E-state index contributed by atoms with van der Waals surface area (Å²) in [4.78, 5) is 12.5. The Bertz CT molecular complexity index is 644. The van der Waals surface area contributed by atoms with E-state index in [2.05, 4.69) is 36.3 Å². The standard InChI is InChI=1S/C16H21N3OS2/c1-10(21-15-19-18-14(17-5)22-15)13(20)11-6-8-12(9-7-11)16(2,3)4/h6-10H,1-5H3,(H,17,18)/t10-/m1/s1. The van der Waals surface area contributed by atoms with E-state index in [0.717, 1.165) is 15.0 Å². The van der Waals surface area contributed by atoms with E-state index in [1.807, 2.05) is 31.2 Å². The van der Waals surface area contributed by atoms with Crippen molar-refractivity contribution < 1.29 is 4.79 Å². The van der Waals surface area contributed by atoms with Crippen molar-refractivity contribution in [1.29, 1.82) is 0 Å². The second-order valence-electron chi connectivity index (χ2n) is 6.07. The first-order valence-electron chi connectivity index (χ1n) is 7.14. The van der Waals surface area contributed by atoms with Gasteiger partial charge in [0.2, 0.25) is 5.13 Å². The Morgan fingerprint density at radius 1 is 1.23 bits per heavy atom. The number of thioether (sulfide) groups is 1. The maximum absolute atomic E-state index is 12.5. The van der Waals surface area contributed by atoms with Crippen LogP contribution in [0.3, 0.4) is 0 Å². The molecule has 2 rings (SSSR count). The molecule has 0 radical (unpaired) electrons. The molecule has 1 N–H and O–H groups in total. The summed E-state index contributed by atoms with van der Waals surface area (Å²) in [6.45, 7) is 8.40. The third kappa shape index (κ3) is 4.08. The number of benzene rings is 1. The summed E-state index contributed by atoms with van der Waals surface area (Å²) >= 11 is 2.90. The van der Waals surface area contributed by atoms with Gasteiger partial charge in [0.1, 0.15) is 0 Å². The molecule has 0 spiro atoms. The summed E-state index contributed by atoms with van der Waals surface area (Å²) in [6.07, 6.45) is 0. The van der Waals surface area contributed by atoms with Crippen molar-refractivity contribution in [3.8, 4) is 0 Å². The van der Waals surface area contributed by atoms with E-state index in [1.54, 1.807) is 7.05 Å². The van der Waals surface area contributed by atoms with Crippen molar-refractivity contribution >= 4 is 34.0 Å². The highest BCUT2D eigenvalue weighted by molar-refractivity contribution is 8.02. The van der Waals surface area contributed by atoms with E-state index < -0.39 is 0 Å². The summed E-state index contributed by atoms with van der Waals surface area (Å²) in [5.41, 5.74) is 2.07. The first-order valence-corrected chi connectivity index (χ1v) is 8.83. The normalized spacial score (nSPS) is 13.0. The first-order chi connectivity index (χ1) is 10.3. The number of ketones is 1. The Labute approximate surface area is 139 Å². The highest BCUT2D eigenvalue weighted by atomic mass is 32.2. The Kier molecular flexibility index (Phi) is 5.24. The van der Waals surface area contributed by atoms with Gasteiger partial charge in [-0.2, -0.15) is 0 Å². The van der Waals surface area contributed by atoms with Gasteiger partial charge in [-0.3, -0.25) is 4.79 Å². The summed E-state index contributed by atoms with van der Waals surface area (Å²) in [5, 5.41) is 11.6. The van der Waals surface area contributed by atoms with Crippen LogP contribution in [-0.4, -0.2) is 28.3 Å². The van der Waals surface area contributed by atoms with E-state index in [9.17, 15) is 4.79 Å². The highest BCUT2D eigenvalue weighted by Crippen LogP contribution is 2.30. The molecular formula is C16H21N3OS2. The number of carbonyl (C=O) groups excluding carboxylic acids is 1. The van der Waals surface area contributed by atoms with Gasteiger partial charge in [0.25, 0.3) is 0 Å². The van der Waals surface area contributed by atoms with Gasteiger partial charge in [-0.15, -0.1) is 10.2 Å². The minimum atomic E-state index is -0.182. The van der Waals surface area contributed by atoms with Gasteiger partial charge in [-0.1, -0.05) is 68.1 Å². The highest BCUT2D eigenvalue weighted by Gasteiger charge is 2.20. The third-order valence-corrected chi connectivity index (χ3v) is 5.43. The van der Waals surface area contributed by atoms with Gasteiger partial charge >= 0.3 is 0 Å². The molecule has 0 bridgehead atoms. The van der Waals surface area contributed by atoms with Crippen LogP contribution in [0.5, 0.6) is 0 Å². The van der Waals surface area contributed by atoms with E-state index in [-0.39, 0.29) is 16.4 Å². The largest absolute Gasteiger partial charge is 0.363 e. The van der Waals surface area contributed by atoms with Crippen molar-refractivity contribution in [2.75, 3.05) is 12.4 Å². The number of hydrogen-bond acceptors (Lipinski definition) is 6. The maximum atomic E-state index is 12.5. The lowest BCUT2D eigenvalue weighted by atomic mass is 9.86. The van der Waals surface area contributed by atoms with E-state index in [4.69, 9.17) is 0 Å². The molecule has 0 unspecified atom stereocenters. The number of anilines is 1. The molecule has 1 atom stereocenters. The SMILES string of the molecule is CNc1nnc(S[C@H](C)C(=O)c2ccc(C(C)(C)C)cc2)s1. The van der Waals surface area contributed by atoms with Gasteiger partial charge in [-0.25, -0.2) is 0 Å². The molecule has 6 heteroatoms. The number of Topliss-reactive ketones (excluding diaryl/α,β-unsaturated/α-hetero) is 1. The van der Waals surface area contributed by atoms with Crippen molar-refractivity contribution in [2.45, 2.75) is 42.7 Å². The van der Waals surface area contributed by atoms with Gasteiger partial charge in [0.15, 0.2) is 10.1 Å². The van der Waals surface area contributed by atoms with Crippen molar-refractivity contribution in [1.82, 2.24) is 10.2 Å². The second kappa shape index (κ2) is 6.79. The van der Waals surface area contributed by atoms with Gasteiger partial charge in [-0.05, 0) is 17.9 Å². The Hall–Kier alpha value is -1.40. The lowest BCUT2D eigenvalue weighted by Gasteiger charge is -2.19. The molecule has 2 aromatic rings. The predicted molar refractivity (Wildman–Crippen MR) is 94.2 cm³/mol. The van der Waals surface area contributed by atoms with Crippen LogP contribution in [0.1, 0.15) is 43.6 Å². The summed E-state index contributed by atoms with van der Waals surface area (Å²) in [6, 6.07) is 7.90. The molecule has 1 aromatic heterocycles. The zero-order chi connectivity index (χ0) is 16.3. The number of nitrogens with one attached hydrogen (secondary N) is 1. The van der Waals surface area contributed by atoms with Gasteiger partial charge in [0, 0.05) is 12.6 Å². The lowest BCUT2D eigenvalue weighted by Crippen LogP contribution is -2.15. The molecule has 0 aliphatic rings. The second-order valence-corrected chi connectivity index (χ2v) is 8.64. The average molecular weight is 335 g/mol. The van der Waals surface area contributed by atoms with E-state index >= 15 is 0 Å². The fraction of sp³-hybridized carbons (Fsp3) is 0.438. The minimum Gasteiger partial charge on any atom is -0.363 e. The van der Waals surface area contributed by atoms with Crippen LogP contribution in [0, 0.1) is 0 Å². The predicted octanol–water partition coefficient (Wildman–Crippen LogP) is 4.24. The van der Waals surface area contributed by atoms with Crippen LogP contribution in [-0.2, 0) is 5.41 Å². The topological polar surface area (TPSA) is 54.9 Å². The Balaban J connectivity index is 2.06. The van der Waals surface area contributed by atoms with Crippen molar-refractivity contribution in [2.24, 2.45) is 0 Å². The van der Waals surface area contributed by atoms with Gasteiger partial charge < -0.3 is 5.32 Å². The zero-order valence-corrected chi connectivity index (χ0v) is 15.1. The number of carbonyl (C=O) groups is 1. The maximum Gasteiger partial charge on any atom is 0.206 e. The first kappa shape index (κ1) is 17.0. The zero-order valence-electron chi connectivity index (χ0n) is 13.5. The van der Waals surface area contributed by atoms with Crippen LogP contribution in [0.4, 0.5) is 5.13 Å². The number of nitrogens with zero attached hydrogens (tertiary/aromatic N) is 2. The fourth-order valence-electron chi connectivity index (χ4n) is 1.93. The molecule has 22 heavy (non-hydrogen) atoms. The summed E-state index contributed by atoms with van der Waals surface area (Å²) in [5.74, 6) is 0.117. The number of rotatable bonds is 5. The van der Waals surface area contributed by atoms with Crippen LogP contribution >= 0.6 is 23.1 Å². The van der Waals surface area contributed by atoms with Crippen molar-refractivity contribution in [3.05, 3.63) is 35.4 Å². The molecular weight excluding hydrogens is 314 g/mol. The smallest absolute Gasteiger partial charge is 0.206 e. The molecule has 1 heterocycles. The van der Waals surface area contributed by atoms with Crippen molar-refractivity contribution in [3.63, 3.8) is 0 Å².